The molecule has 0 bridgehead atoms. The van der Waals surface area contributed by atoms with Crippen molar-refractivity contribution in [1.29, 1.82) is 0 Å². The fourth-order valence-electron chi connectivity index (χ4n) is 2.19. The van der Waals surface area contributed by atoms with E-state index in [1.807, 2.05) is 31.2 Å². The Morgan fingerprint density at radius 3 is 2.29 bits per heavy atom. The van der Waals surface area contributed by atoms with E-state index < -0.39 is 17.7 Å². The Hall–Kier alpha value is -1.98. The molecular weight excluding hydrogens is 334 g/mol. The molecule has 6 heteroatoms. The highest BCUT2D eigenvalue weighted by atomic mass is 35.5. The first-order valence-electron chi connectivity index (χ1n) is 7.59. The van der Waals surface area contributed by atoms with E-state index in [2.05, 4.69) is 5.32 Å². The molecule has 0 heterocycles. The zero-order valence-corrected chi connectivity index (χ0v) is 14.2. The Labute approximate surface area is 146 Å². The molecule has 2 aromatic rings. The first-order valence-corrected chi connectivity index (χ1v) is 7.59. The summed E-state index contributed by atoms with van der Waals surface area (Å²) in [5.41, 5.74) is 8.11. The number of nitrogens with one attached hydrogen (secondary N) is 1. The van der Waals surface area contributed by atoms with Crippen LogP contribution in [-0.2, 0) is 11.2 Å². The summed E-state index contributed by atoms with van der Waals surface area (Å²) in [6, 6.07) is 10.9. The third-order valence-corrected chi connectivity index (χ3v) is 3.70. The predicted molar refractivity (Wildman–Crippen MR) is 94.0 cm³/mol. The molecule has 0 radical (unpaired) electrons. The van der Waals surface area contributed by atoms with Gasteiger partial charge in [0.1, 0.15) is 0 Å². The molecule has 1 amide bonds. The largest absolute Gasteiger partial charge is 0.354 e. The summed E-state index contributed by atoms with van der Waals surface area (Å²) in [4.78, 5) is 11.6. The van der Waals surface area contributed by atoms with Crippen LogP contribution in [0.1, 0.15) is 18.9 Å². The van der Waals surface area contributed by atoms with E-state index in [1.165, 1.54) is 6.07 Å². The Morgan fingerprint density at radius 2 is 1.71 bits per heavy atom. The van der Waals surface area contributed by atoms with E-state index in [0.717, 1.165) is 17.2 Å². The van der Waals surface area contributed by atoms with Crippen LogP contribution in [0.4, 0.5) is 8.78 Å². The maximum atomic E-state index is 13.3. The number of halogens is 3. The third-order valence-electron chi connectivity index (χ3n) is 3.70. The lowest BCUT2D eigenvalue weighted by Gasteiger charge is -2.10. The van der Waals surface area contributed by atoms with Crippen molar-refractivity contribution in [2.75, 3.05) is 6.54 Å². The number of hydrogen-bond donors (Lipinski definition) is 2. The molecule has 2 aromatic carbocycles. The van der Waals surface area contributed by atoms with E-state index in [1.54, 1.807) is 6.07 Å². The van der Waals surface area contributed by atoms with Crippen molar-refractivity contribution < 1.29 is 13.6 Å². The van der Waals surface area contributed by atoms with Gasteiger partial charge in [0.2, 0.25) is 5.91 Å². The highest BCUT2D eigenvalue weighted by molar-refractivity contribution is 5.85. The second-order valence-corrected chi connectivity index (χ2v) is 5.38. The predicted octanol–water partition coefficient (Wildman–Crippen LogP) is 3.45. The molecule has 24 heavy (non-hydrogen) atoms. The lowest BCUT2D eigenvalue weighted by Crippen LogP contribution is -2.40. The highest BCUT2D eigenvalue weighted by Gasteiger charge is 2.09. The van der Waals surface area contributed by atoms with Gasteiger partial charge in [0.15, 0.2) is 11.6 Å². The Kier molecular flexibility index (Phi) is 7.82. The molecule has 0 spiro atoms. The lowest BCUT2D eigenvalue weighted by atomic mass is 10.0. The number of carbonyl (C=O) groups excluding carboxylic acids is 1. The SMILES string of the molecule is CCC(N)C(=O)NCCc1ccc(-c2ccc(F)c(F)c2)cc1.Cl. The minimum Gasteiger partial charge on any atom is -0.354 e. The fraction of sp³-hybridized carbons (Fsp3) is 0.278. The van der Waals surface area contributed by atoms with E-state index in [4.69, 9.17) is 5.73 Å². The van der Waals surface area contributed by atoms with E-state index in [-0.39, 0.29) is 18.3 Å². The molecule has 0 fully saturated rings. The molecule has 0 saturated carbocycles. The van der Waals surface area contributed by atoms with Crippen LogP contribution in [0.2, 0.25) is 0 Å². The van der Waals surface area contributed by atoms with Crippen molar-refractivity contribution in [3.8, 4) is 11.1 Å². The first-order chi connectivity index (χ1) is 11.0. The molecule has 130 valence electrons. The minimum atomic E-state index is -0.860. The number of amides is 1. The number of nitrogens with two attached hydrogens (primary N) is 1. The summed E-state index contributed by atoms with van der Waals surface area (Å²) >= 11 is 0. The van der Waals surface area contributed by atoms with Crippen LogP contribution in [0.25, 0.3) is 11.1 Å². The van der Waals surface area contributed by atoms with Crippen molar-refractivity contribution >= 4 is 18.3 Å². The van der Waals surface area contributed by atoms with Crippen LogP contribution in [0, 0.1) is 11.6 Å². The lowest BCUT2D eigenvalue weighted by molar-refractivity contribution is -0.122. The van der Waals surface area contributed by atoms with Gasteiger partial charge in [0.05, 0.1) is 6.04 Å². The van der Waals surface area contributed by atoms with Crippen LogP contribution >= 0.6 is 12.4 Å². The molecular formula is C18H21ClF2N2O. The van der Waals surface area contributed by atoms with Gasteiger partial charge < -0.3 is 11.1 Å². The van der Waals surface area contributed by atoms with Crippen LogP contribution in [-0.4, -0.2) is 18.5 Å². The van der Waals surface area contributed by atoms with Crippen LogP contribution < -0.4 is 11.1 Å². The van der Waals surface area contributed by atoms with Gasteiger partial charge in [-0.3, -0.25) is 4.79 Å². The first kappa shape index (κ1) is 20.1. The second-order valence-electron chi connectivity index (χ2n) is 5.38. The monoisotopic (exact) mass is 354 g/mol. The maximum Gasteiger partial charge on any atom is 0.236 e. The average molecular weight is 355 g/mol. The van der Waals surface area contributed by atoms with Crippen molar-refractivity contribution in [3.63, 3.8) is 0 Å². The van der Waals surface area contributed by atoms with Crippen molar-refractivity contribution in [3.05, 3.63) is 59.7 Å². The molecule has 0 aromatic heterocycles. The van der Waals surface area contributed by atoms with Crippen molar-refractivity contribution in [1.82, 2.24) is 5.32 Å². The molecule has 1 unspecified atom stereocenters. The van der Waals surface area contributed by atoms with Gasteiger partial charge in [-0.1, -0.05) is 37.3 Å². The quantitative estimate of drug-likeness (QED) is 0.834. The molecule has 2 rings (SSSR count). The van der Waals surface area contributed by atoms with Gasteiger partial charge in [0.25, 0.3) is 0 Å². The highest BCUT2D eigenvalue weighted by Crippen LogP contribution is 2.22. The van der Waals surface area contributed by atoms with Gasteiger partial charge in [-0.05, 0) is 41.7 Å². The molecule has 3 N–H and O–H groups in total. The minimum absolute atomic E-state index is 0. The Morgan fingerprint density at radius 1 is 1.08 bits per heavy atom. The fourth-order valence-corrected chi connectivity index (χ4v) is 2.19. The zero-order chi connectivity index (χ0) is 16.8. The normalized spacial score (nSPS) is 11.5. The molecule has 0 aliphatic carbocycles. The van der Waals surface area contributed by atoms with Gasteiger partial charge in [-0.15, -0.1) is 12.4 Å². The van der Waals surface area contributed by atoms with Gasteiger partial charge in [-0.2, -0.15) is 0 Å². The molecule has 0 saturated heterocycles. The second kappa shape index (κ2) is 9.35. The van der Waals surface area contributed by atoms with Crippen LogP contribution in [0.3, 0.4) is 0 Å². The number of benzene rings is 2. The van der Waals surface area contributed by atoms with E-state index in [0.29, 0.717) is 24.9 Å². The summed E-state index contributed by atoms with van der Waals surface area (Å²) in [6.07, 6.45) is 1.29. The van der Waals surface area contributed by atoms with E-state index in [9.17, 15) is 13.6 Å². The Bertz CT molecular complexity index is 677. The maximum absolute atomic E-state index is 13.3. The summed E-state index contributed by atoms with van der Waals surface area (Å²) in [5, 5.41) is 2.79. The van der Waals surface area contributed by atoms with Gasteiger partial charge in [0, 0.05) is 6.54 Å². The summed E-state index contributed by atoms with van der Waals surface area (Å²) in [7, 11) is 0. The summed E-state index contributed by atoms with van der Waals surface area (Å²) in [5.74, 6) is -1.86. The number of rotatable bonds is 6. The standard InChI is InChI=1S/C18H20F2N2O.ClH/c1-2-17(21)18(23)22-10-9-12-3-5-13(6-4-12)14-7-8-15(19)16(20)11-14;/h3-8,11,17H,2,9-10,21H2,1H3,(H,22,23);1H. The number of hydrogen-bond acceptors (Lipinski definition) is 2. The average Bonchev–Trinajstić information content (AvgIpc) is 2.57. The summed E-state index contributed by atoms with van der Waals surface area (Å²) in [6.45, 7) is 2.37. The molecule has 1 atom stereocenters. The molecule has 0 aliphatic rings. The zero-order valence-electron chi connectivity index (χ0n) is 13.4. The van der Waals surface area contributed by atoms with Crippen molar-refractivity contribution in [2.24, 2.45) is 5.73 Å². The molecule has 0 aliphatic heterocycles. The smallest absolute Gasteiger partial charge is 0.236 e. The summed E-state index contributed by atoms with van der Waals surface area (Å²) < 4.78 is 26.2. The third kappa shape index (κ3) is 5.28. The van der Waals surface area contributed by atoms with E-state index >= 15 is 0 Å². The molecule has 3 nitrogen and oxygen atoms in total. The van der Waals surface area contributed by atoms with Gasteiger partial charge >= 0.3 is 0 Å². The number of carbonyl (C=O) groups is 1. The van der Waals surface area contributed by atoms with Crippen LogP contribution in [0.15, 0.2) is 42.5 Å². The Balaban J connectivity index is 0.00000288. The van der Waals surface area contributed by atoms with Crippen molar-refractivity contribution in [2.45, 2.75) is 25.8 Å². The topological polar surface area (TPSA) is 55.1 Å². The van der Waals surface area contributed by atoms with Gasteiger partial charge in [-0.25, -0.2) is 8.78 Å². The van der Waals surface area contributed by atoms with Crippen LogP contribution in [0.5, 0.6) is 0 Å².